The summed E-state index contributed by atoms with van der Waals surface area (Å²) >= 11 is 0. The third kappa shape index (κ3) is 3.65. The number of likely N-dealkylation sites (N-methyl/N-ethyl adjacent to an activating group) is 1. The molecule has 0 aliphatic rings. The number of nitrogens with zero attached hydrogens (tertiary/aromatic N) is 2. The van der Waals surface area contributed by atoms with E-state index in [1.165, 1.54) is 0 Å². The number of hydrogen-bond acceptors (Lipinski definition) is 2. The van der Waals surface area contributed by atoms with Gasteiger partial charge in [0, 0.05) is 25.5 Å². The van der Waals surface area contributed by atoms with Crippen molar-refractivity contribution in [3.63, 3.8) is 0 Å². The molecule has 0 spiro atoms. The quantitative estimate of drug-likeness (QED) is 0.769. The van der Waals surface area contributed by atoms with Crippen LogP contribution >= 0.6 is 0 Å². The molecule has 3 nitrogen and oxygen atoms in total. The van der Waals surface area contributed by atoms with E-state index in [4.69, 9.17) is 0 Å². The Morgan fingerprint density at radius 3 is 2.56 bits per heavy atom. The van der Waals surface area contributed by atoms with Gasteiger partial charge in [-0.05, 0) is 31.1 Å². The number of aliphatic hydroxyl groups is 1. The van der Waals surface area contributed by atoms with E-state index in [0.717, 1.165) is 38.2 Å². The van der Waals surface area contributed by atoms with Crippen LogP contribution < -0.4 is 0 Å². The minimum atomic E-state index is -0.310. The van der Waals surface area contributed by atoms with Gasteiger partial charge in [-0.15, -0.1) is 0 Å². The van der Waals surface area contributed by atoms with Crippen molar-refractivity contribution in [3.05, 3.63) is 24.0 Å². The Kier molecular flexibility index (Phi) is 5.56. The van der Waals surface area contributed by atoms with Gasteiger partial charge >= 0.3 is 0 Å². The average molecular weight is 224 g/mol. The normalized spacial score (nSPS) is 13.3. The summed E-state index contributed by atoms with van der Waals surface area (Å²) in [6, 6.07) is 2.01. The van der Waals surface area contributed by atoms with E-state index in [2.05, 4.69) is 35.7 Å². The van der Waals surface area contributed by atoms with E-state index in [1.807, 2.05) is 13.0 Å². The fourth-order valence-corrected chi connectivity index (χ4v) is 1.83. The van der Waals surface area contributed by atoms with Crippen molar-refractivity contribution in [2.75, 3.05) is 19.6 Å². The fraction of sp³-hybridized carbons (Fsp3) is 0.692. The van der Waals surface area contributed by atoms with Crippen LogP contribution in [0.3, 0.4) is 0 Å². The Hall–Kier alpha value is -0.800. The van der Waals surface area contributed by atoms with Crippen molar-refractivity contribution >= 4 is 0 Å². The summed E-state index contributed by atoms with van der Waals surface area (Å²) < 4.78 is 2.16. The van der Waals surface area contributed by atoms with Crippen molar-refractivity contribution in [2.24, 2.45) is 0 Å². The summed E-state index contributed by atoms with van der Waals surface area (Å²) in [5.74, 6) is 0. The standard InChI is InChI=1S/C13H24N2O/c1-4-13(16)12-7-8-15(11-12)10-9-14(5-2)6-3/h7-8,11,13,16H,4-6,9-10H2,1-3H3. The molecule has 0 aromatic carbocycles. The molecule has 16 heavy (non-hydrogen) atoms. The molecule has 0 bridgehead atoms. The van der Waals surface area contributed by atoms with Crippen molar-refractivity contribution in [1.82, 2.24) is 9.47 Å². The number of rotatable bonds is 7. The minimum Gasteiger partial charge on any atom is -0.388 e. The van der Waals surface area contributed by atoms with Crippen LogP contribution in [-0.2, 0) is 6.54 Å². The van der Waals surface area contributed by atoms with Gasteiger partial charge in [0.25, 0.3) is 0 Å². The fourth-order valence-electron chi connectivity index (χ4n) is 1.83. The number of hydrogen-bond donors (Lipinski definition) is 1. The van der Waals surface area contributed by atoms with E-state index in [0.29, 0.717) is 0 Å². The van der Waals surface area contributed by atoms with Gasteiger partial charge in [-0.3, -0.25) is 0 Å². The van der Waals surface area contributed by atoms with E-state index in [9.17, 15) is 5.11 Å². The summed E-state index contributed by atoms with van der Waals surface area (Å²) in [6.07, 6.45) is 4.57. The Morgan fingerprint density at radius 1 is 1.31 bits per heavy atom. The first kappa shape index (κ1) is 13.3. The molecule has 1 unspecified atom stereocenters. The summed E-state index contributed by atoms with van der Waals surface area (Å²) in [4.78, 5) is 2.40. The SMILES string of the molecule is CCC(O)c1ccn(CCN(CC)CC)c1. The molecule has 1 heterocycles. The Bertz CT molecular complexity index is 292. The molecule has 1 atom stereocenters. The molecule has 92 valence electrons. The lowest BCUT2D eigenvalue weighted by molar-refractivity contribution is 0.173. The van der Waals surface area contributed by atoms with Crippen LogP contribution in [0, 0.1) is 0 Å². The molecule has 1 aromatic heterocycles. The zero-order chi connectivity index (χ0) is 12.0. The maximum atomic E-state index is 9.69. The summed E-state index contributed by atoms with van der Waals surface area (Å²) in [5, 5.41) is 9.69. The monoisotopic (exact) mass is 224 g/mol. The van der Waals surface area contributed by atoms with E-state index >= 15 is 0 Å². The minimum absolute atomic E-state index is 0.310. The molecule has 0 amide bonds. The van der Waals surface area contributed by atoms with Crippen LogP contribution in [0.5, 0.6) is 0 Å². The van der Waals surface area contributed by atoms with Gasteiger partial charge in [0.1, 0.15) is 0 Å². The van der Waals surface area contributed by atoms with Crippen LogP contribution in [0.25, 0.3) is 0 Å². The largest absolute Gasteiger partial charge is 0.388 e. The number of aromatic nitrogens is 1. The Labute approximate surface area is 98.7 Å². The zero-order valence-electron chi connectivity index (χ0n) is 10.7. The van der Waals surface area contributed by atoms with Crippen molar-refractivity contribution < 1.29 is 5.11 Å². The van der Waals surface area contributed by atoms with Crippen LogP contribution in [0.4, 0.5) is 0 Å². The highest BCUT2D eigenvalue weighted by molar-refractivity contribution is 5.13. The Balaban J connectivity index is 2.46. The van der Waals surface area contributed by atoms with Gasteiger partial charge in [0.2, 0.25) is 0 Å². The van der Waals surface area contributed by atoms with E-state index in [-0.39, 0.29) is 6.10 Å². The summed E-state index contributed by atoms with van der Waals surface area (Å²) in [7, 11) is 0. The lowest BCUT2D eigenvalue weighted by atomic mass is 10.1. The first-order valence-corrected chi connectivity index (χ1v) is 6.27. The van der Waals surface area contributed by atoms with Gasteiger partial charge < -0.3 is 14.6 Å². The molecule has 1 N–H and O–H groups in total. The van der Waals surface area contributed by atoms with Crippen LogP contribution in [0.2, 0.25) is 0 Å². The van der Waals surface area contributed by atoms with E-state index < -0.39 is 0 Å². The lowest BCUT2D eigenvalue weighted by Crippen LogP contribution is -2.26. The molecule has 0 aliphatic heterocycles. The second kappa shape index (κ2) is 6.71. The topological polar surface area (TPSA) is 28.4 Å². The number of aliphatic hydroxyl groups excluding tert-OH is 1. The molecular formula is C13H24N2O. The third-order valence-electron chi connectivity index (χ3n) is 3.11. The van der Waals surface area contributed by atoms with E-state index in [1.54, 1.807) is 0 Å². The lowest BCUT2D eigenvalue weighted by Gasteiger charge is -2.18. The molecule has 0 aliphatic carbocycles. The first-order valence-electron chi connectivity index (χ1n) is 6.27. The maximum absolute atomic E-state index is 9.69. The first-order chi connectivity index (χ1) is 7.71. The zero-order valence-corrected chi connectivity index (χ0v) is 10.7. The molecule has 0 saturated heterocycles. The Morgan fingerprint density at radius 2 is 2.00 bits per heavy atom. The smallest absolute Gasteiger partial charge is 0.0802 e. The predicted octanol–water partition coefficient (Wildman–Crippen LogP) is 2.27. The van der Waals surface area contributed by atoms with Gasteiger partial charge in [0.15, 0.2) is 0 Å². The summed E-state index contributed by atoms with van der Waals surface area (Å²) in [5.41, 5.74) is 1.03. The van der Waals surface area contributed by atoms with Gasteiger partial charge in [-0.2, -0.15) is 0 Å². The average Bonchev–Trinajstić information content (AvgIpc) is 2.78. The third-order valence-corrected chi connectivity index (χ3v) is 3.11. The van der Waals surface area contributed by atoms with Crippen LogP contribution in [0.1, 0.15) is 38.9 Å². The molecule has 0 radical (unpaired) electrons. The van der Waals surface area contributed by atoms with Crippen molar-refractivity contribution in [1.29, 1.82) is 0 Å². The molecule has 0 fully saturated rings. The van der Waals surface area contributed by atoms with Gasteiger partial charge in [0.05, 0.1) is 6.10 Å². The second-order valence-corrected chi connectivity index (χ2v) is 4.13. The molecule has 3 heteroatoms. The molecular weight excluding hydrogens is 200 g/mol. The summed E-state index contributed by atoms with van der Waals surface area (Å²) in [6.45, 7) is 10.6. The highest BCUT2D eigenvalue weighted by Crippen LogP contribution is 2.16. The molecule has 1 rings (SSSR count). The van der Waals surface area contributed by atoms with Crippen LogP contribution in [-0.4, -0.2) is 34.2 Å². The second-order valence-electron chi connectivity index (χ2n) is 4.13. The van der Waals surface area contributed by atoms with Crippen LogP contribution in [0.15, 0.2) is 18.5 Å². The predicted molar refractivity (Wildman–Crippen MR) is 67.5 cm³/mol. The highest BCUT2D eigenvalue weighted by Gasteiger charge is 2.06. The molecule has 1 aromatic rings. The maximum Gasteiger partial charge on any atom is 0.0802 e. The van der Waals surface area contributed by atoms with Crippen molar-refractivity contribution in [2.45, 2.75) is 39.8 Å². The van der Waals surface area contributed by atoms with Crippen molar-refractivity contribution in [3.8, 4) is 0 Å². The van der Waals surface area contributed by atoms with Gasteiger partial charge in [-0.25, -0.2) is 0 Å². The van der Waals surface area contributed by atoms with Gasteiger partial charge in [-0.1, -0.05) is 20.8 Å². The molecule has 0 saturated carbocycles. The highest BCUT2D eigenvalue weighted by atomic mass is 16.3.